The van der Waals surface area contributed by atoms with Gasteiger partial charge in [-0.15, -0.1) is 0 Å². The standard InChI is InChI=1S/C14H28O2Si/c1-3-17(15-2,14-10-6-7-11-14)16-12-13-8-4-5-9-13/h13-14H,3-12H2,1-2H3. The first-order chi connectivity index (χ1) is 8.30. The van der Waals surface area contributed by atoms with E-state index in [0.29, 0.717) is 0 Å². The van der Waals surface area contributed by atoms with Crippen LogP contribution in [0.3, 0.4) is 0 Å². The lowest BCUT2D eigenvalue weighted by molar-refractivity contribution is 0.159. The first kappa shape index (κ1) is 13.6. The van der Waals surface area contributed by atoms with Crippen molar-refractivity contribution in [3.63, 3.8) is 0 Å². The van der Waals surface area contributed by atoms with Gasteiger partial charge in [-0.1, -0.05) is 32.6 Å². The Morgan fingerprint density at radius 1 is 1.00 bits per heavy atom. The molecule has 2 fully saturated rings. The maximum atomic E-state index is 6.41. The monoisotopic (exact) mass is 256 g/mol. The third-order valence-corrected chi connectivity index (χ3v) is 9.01. The van der Waals surface area contributed by atoms with Gasteiger partial charge in [0.2, 0.25) is 0 Å². The molecule has 0 radical (unpaired) electrons. The minimum absolute atomic E-state index is 0.763. The zero-order chi connectivity index (χ0) is 12.1. The summed E-state index contributed by atoms with van der Waals surface area (Å²) in [5.74, 6) is 0.824. The van der Waals surface area contributed by atoms with Crippen LogP contribution in [0, 0.1) is 5.92 Å². The number of rotatable bonds is 6. The minimum Gasteiger partial charge on any atom is -0.397 e. The van der Waals surface area contributed by atoms with E-state index >= 15 is 0 Å². The van der Waals surface area contributed by atoms with Gasteiger partial charge in [0.15, 0.2) is 0 Å². The molecule has 0 bridgehead atoms. The zero-order valence-electron chi connectivity index (χ0n) is 11.5. The minimum atomic E-state index is -1.88. The van der Waals surface area contributed by atoms with Crippen molar-refractivity contribution in [1.82, 2.24) is 0 Å². The highest BCUT2D eigenvalue weighted by molar-refractivity contribution is 6.69. The summed E-state index contributed by atoms with van der Waals surface area (Å²) in [6.45, 7) is 3.24. The molecule has 100 valence electrons. The first-order valence-electron chi connectivity index (χ1n) is 7.50. The smallest absolute Gasteiger partial charge is 0.340 e. The fourth-order valence-electron chi connectivity index (χ4n) is 3.68. The largest absolute Gasteiger partial charge is 0.397 e. The summed E-state index contributed by atoms with van der Waals surface area (Å²) in [6, 6.07) is 1.13. The molecule has 0 aliphatic heterocycles. The molecule has 2 aliphatic rings. The normalized spacial score (nSPS) is 26.5. The molecule has 2 rings (SSSR count). The molecule has 0 heterocycles. The maximum Gasteiger partial charge on any atom is 0.340 e. The Bertz CT molecular complexity index is 216. The molecule has 0 aromatic heterocycles. The van der Waals surface area contributed by atoms with E-state index in [2.05, 4.69) is 6.92 Å². The van der Waals surface area contributed by atoms with Gasteiger partial charge in [-0.05, 0) is 37.6 Å². The Hall–Kier alpha value is 0.137. The van der Waals surface area contributed by atoms with Crippen LogP contribution in [0.25, 0.3) is 0 Å². The fraction of sp³-hybridized carbons (Fsp3) is 1.00. The van der Waals surface area contributed by atoms with Gasteiger partial charge in [0, 0.05) is 19.3 Å². The second-order valence-corrected chi connectivity index (χ2v) is 9.66. The van der Waals surface area contributed by atoms with Crippen LogP contribution in [-0.2, 0) is 8.85 Å². The average Bonchev–Trinajstić information content (AvgIpc) is 3.04. The average molecular weight is 256 g/mol. The van der Waals surface area contributed by atoms with Gasteiger partial charge in [0.05, 0.1) is 0 Å². The van der Waals surface area contributed by atoms with Crippen LogP contribution < -0.4 is 0 Å². The molecule has 2 nitrogen and oxygen atoms in total. The van der Waals surface area contributed by atoms with Crippen LogP contribution in [0.1, 0.15) is 58.3 Å². The molecule has 0 spiro atoms. The third-order valence-electron chi connectivity index (χ3n) is 4.85. The highest BCUT2D eigenvalue weighted by Gasteiger charge is 2.45. The van der Waals surface area contributed by atoms with E-state index in [-0.39, 0.29) is 0 Å². The molecule has 17 heavy (non-hydrogen) atoms. The summed E-state index contributed by atoms with van der Waals surface area (Å²) in [5.41, 5.74) is 0.763. The Labute approximate surface area is 107 Å². The van der Waals surface area contributed by atoms with Crippen LogP contribution in [0.15, 0.2) is 0 Å². The lowest BCUT2D eigenvalue weighted by atomic mass is 10.1. The van der Waals surface area contributed by atoms with Gasteiger partial charge >= 0.3 is 8.56 Å². The molecule has 1 unspecified atom stereocenters. The summed E-state index contributed by atoms with van der Waals surface area (Å²) >= 11 is 0. The van der Waals surface area contributed by atoms with E-state index in [1.54, 1.807) is 0 Å². The lowest BCUT2D eigenvalue weighted by Crippen LogP contribution is -2.45. The van der Waals surface area contributed by atoms with E-state index in [1.807, 2.05) is 7.11 Å². The van der Waals surface area contributed by atoms with Crippen molar-refractivity contribution in [3.8, 4) is 0 Å². The molecule has 2 saturated carbocycles. The van der Waals surface area contributed by atoms with Crippen LogP contribution in [0.5, 0.6) is 0 Å². The summed E-state index contributed by atoms with van der Waals surface area (Å²) in [7, 11) is 0.0136. The SMILES string of the molecule is CC[Si](OC)(OCC1CCCC1)C1CCCC1. The number of hydrogen-bond acceptors (Lipinski definition) is 2. The van der Waals surface area contributed by atoms with Gasteiger partial charge < -0.3 is 8.85 Å². The molecule has 3 heteroatoms. The summed E-state index contributed by atoms with van der Waals surface area (Å²) < 4.78 is 12.4. The van der Waals surface area contributed by atoms with Crippen molar-refractivity contribution < 1.29 is 8.85 Å². The van der Waals surface area contributed by atoms with Crippen molar-refractivity contribution in [2.75, 3.05) is 13.7 Å². The summed E-state index contributed by atoms with van der Waals surface area (Å²) in [6.07, 6.45) is 11.0. The van der Waals surface area contributed by atoms with Gasteiger partial charge in [-0.3, -0.25) is 0 Å². The molecular weight excluding hydrogens is 228 g/mol. The quantitative estimate of drug-likeness (QED) is 0.662. The van der Waals surface area contributed by atoms with Gasteiger partial charge in [-0.2, -0.15) is 0 Å². The zero-order valence-corrected chi connectivity index (χ0v) is 12.5. The summed E-state index contributed by atoms with van der Waals surface area (Å²) in [4.78, 5) is 0. The van der Waals surface area contributed by atoms with Crippen molar-refractivity contribution in [2.24, 2.45) is 5.92 Å². The molecule has 1 atom stereocenters. The Morgan fingerprint density at radius 2 is 1.59 bits per heavy atom. The van der Waals surface area contributed by atoms with Gasteiger partial charge in [0.1, 0.15) is 0 Å². The van der Waals surface area contributed by atoms with Crippen molar-refractivity contribution in [1.29, 1.82) is 0 Å². The van der Waals surface area contributed by atoms with E-state index < -0.39 is 8.56 Å². The van der Waals surface area contributed by atoms with Gasteiger partial charge in [-0.25, -0.2) is 0 Å². The van der Waals surface area contributed by atoms with Crippen LogP contribution >= 0.6 is 0 Å². The lowest BCUT2D eigenvalue weighted by Gasteiger charge is -2.34. The van der Waals surface area contributed by atoms with Crippen LogP contribution in [0.2, 0.25) is 11.6 Å². The van der Waals surface area contributed by atoms with E-state index in [4.69, 9.17) is 8.85 Å². The van der Waals surface area contributed by atoms with Crippen molar-refractivity contribution >= 4 is 8.56 Å². The first-order valence-corrected chi connectivity index (χ1v) is 9.60. The third kappa shape index (κ3) is 3.12. The van der Waals surface area contributed by atoms with E-state index in [1.165, 1.54) is 51.4 Å². The molecule has 0 N–H and O–H groups in total. The second kappa shape index (κ2) is 6.35. The number of hydrogen-bond donors (Lipinski definition) is 0. The second-order valence-electron chi connectivity index (χ2n) is 5.81. The van der Waals surface area contributed by atoms with E-state index in [9.17, 15) is 0 Å². The van der Waals surface area contributed by atoms with Gasteiger partial charge in [0.25, 0.3) is 0 Å². The molecular formula is C14H28O2Si. The molecule has 0 aromatic rings. The molecule has 2 aliphatic carbocycles. The van der Waals surface area contributed by atoms with Crippen LogP contribution in [-0.4, -0.2) is 22.3 Å². The Balaban J connectivity index is 1.89. The Kier molecular flexibility index (Phi) is 5.06. The van der Waals surface area contributed by atoms with Crippen molar-refractivity contribution in [3.05, 3.63) is 0 Å². The van der Waals surface area contributed by atoms with Crippen molar-refractivity contribution in [2.45, 2.75) is 69.9 Å². The predicted octanol–water partition coefficient (Wildman–Crippen LogP) is 4.25. The topological polar surface area (TPSA) is 18.5 Å². The molecule has 0 aromatic carbocycles. The highest BCUT2D eigenvalue weighted by Crippen LogP contribution is 2.42. The maximum absolute atomic E-state index is 6.41. The molecule has 0 amide bonds. The predicted molar refractivity (Wildman–Crippen MR) is 73.4 cm³/mol. The van der Waals surface area contributed by atoms with E-state index in [0.717, 1.165) is 24.1 Å². The fourth-order valence-corrected chi connectivity index (χ4v) is 7.24. The van der Waals surface area contributed by atoms with Crippen LogP contribution in [0.4, 0.5) is 0 Å². The summed E-state index contributed by atoms with van der Waals surface area (Å²) in [5, 5.41) is 0. The molecule has 0 saturated heterocycles. The highest BCUT2D eigenvalue weighted by atomic mass is 28.4. The Morgan fingerprint density at radius 3 is 2.12 bits per heavy atom.